The Morgan fingerprint density at radius 2 is 1.57 bits per heavy atom. The van der Waals surface area contributed by atoms with Gasteiger partial charge in [-0.2, -0.15) is 0 Å². The summed E-state index contributed by atoms with van der Waals surface area (Å²) in [5.41, 5.74) is 1.29. The lowest BCUT2D eigenvalue weighted by Crippen LogP contribution is -1.81. The molecule has 0 N–H and O–H groups in total. The highest BCUT2D eigenvalue weighted by atomic mass is 14.9. The van der Waals surface area contributed by atoms with Gasteiger partial charge < -0.3 is 4.57 Å². The van der Waals surface area contributed by atoms with Gasteiger partial charge in [0, 0.05) is 18.8 Å². The molecule has 1 aromatic heterocycles. The zero-order chi connectivity index (χ0) is 10.6. The van der Waals surface area contributed by atoms with Gasteiger partial charge in [0.05, 0.1) is 0 Å². The lowest BCUT2D eigenvalue weighted by atomic mass is 10.2. The molecule has 2 aromatic rings. The van der Waals surface area contributed by atoms with Crippen molar-refractivity contribution >= 4 is 10.9 Å². The van der Waals surface area contributed by atoms with E-state index in [1.54, 1.807) is 0 Å². The molecule has 0 amide bonds. The summed E-state index contributed by atoms with van der Waals surface area (Å²) in [7, 11) is 2.06. The highest BCUT2D eigenvalue weighted by Gasteiger charge is 1.92. The minimum atomic E-state index is 0.833. The van der Waals surface area contributed by atoms with Crippen molar-refractivity contribution in [2.75, 3.05) is 0 Å². The number of benzene rings is 1. The number of nitrogens with zero attached hydrogens (tertiary/aromatic N) is 1. The van der Waals surface area contributed by atoms with Crippen molar-refractivity contribution in [1.29, 1.82) is 0 Å². The number of fused-ring (bicyclic) bond motifs is 1. The Morgan fingerprint density at radius 3 is 2.14 bits per heavy atom. The lowest BCUT2D eigenvalue weighted by Gasteiger charge is -1.92. The minimum absolute atomic E-state index is 0.833. The van der Waals surface area contributed by atoms with Crippen LogP contribution in [-0.4, -0.2) is 4.57 Å². The molecule has 1 heteroatoms. The maximum absolute atomic E-state index is 2.17. The fraction of sp³-hybridized carbons (Fsp3) is 0.385. The molecule has 0 bridgehead atoms. The monoisotopic (exact) mass is 189 g/mol. The maximum Gasteiger partial charge on any atom is 0.0477 e. The van der Waals surface area contributed by atoms with E-state index in [0.29, 0.717) is 0 Å². The highest BCUT2D eigenvalue weighted by Crippen LogP contribution is 2.12. The predicted octanol–water partition coefficient (Wildman–Crippen LogP) is 3.84. The summed E-state index contributed by atoms with van der Waals surface area (Å²) < 4.78 is 2.12. The van der Waals surface area contributed by atoms with Crippen LogP contribution in [-0.2, 0) is 7.05 Å². The number of para-hydroxylation sites is 1. The van der Waals surface area contributed by atoms with Crippen molar-refractivity contribution in [2.45, 2.75) is 20.8 Å². The second-order valence-corrected chi connectivity index (χ2v) is 4.22. The van der Waals surface area contributed by atoms with Crippen LogP contribution in [0.3, 0.4) is 0 Å². The lowest BCUT2D eigenvalue weighted by molar-refractivity contribution is 0.737. The summed E-state index contributed by atoms with van der Waals surface area (Å²) in [5.74, 6) is 0.833. The van der Waals surface area contributed by atoms with Gasteiger partial charge in [-0.05, 0) is 23.4 Å². The molecule has 1 nitrogen and oxygen atoms in total. The molecule has 14 heavy (non-hydrogen) atoms. The first kappa shape index (κ1) is 10.8. The second-order valence-electron chi connectivity index (χ2n) is 4.22. The van der Waals surface area contributed by atoms with Crippen LogP contribution in [0.15, 0.2) is 36.5 Å². The third-order valence-electron chi connectivity index (χ3n) is 1.79. The normalized spacial score (nSPS) is 10.1. The van der Waals surface area contributed by atoms with E-state index in [0.717, 1.165) is 5.92 Å². The molecule has 0 aliphatic rings. The number of aryl methyl sites for hydroxylation is 1. The van der Waals surface area contributed by atoms with Gasteiger partial charge >= 0.3 is 0 Å². The Labute approximate surface area is 86.4 Å². The van der Waals surface area contributed by atoms with Gasteiger partial charge in [-0.1, -0.05) is 39.0 Å². The number of rotatable bonds is 0. The smallest absolute Gasteiger partial charge is 0.0477 e. The van der Waals surface area contributed by atoms with Gasteiger partial charge in [-0.3, -0.25) is 0 Å². The van der Waals surface area contributed by atoms with Crippen LogP contribution in [0.4, 0.5) is 0 Å². The van der Waals surface area contributed by atoms with Gasteiger partial charge in [-0.25, -0.2) is 0 Å². The van der Waals surface area contributed by atoms with Gasteiger partial charge in [0.1, 0.15) is 0 Å². The van der Waals surface area contributed by atoms with E-state index in [9.17, 15) is 0 Å². The molecule has 1 heterocycles. The number of aromatic nitrogens is 1. The first-order chi connectivity index (χ1) is 6.61. The first-order valence-corrected chi connectivity index (χ1v) is 5.11. The molecule has 1 aromatic carbocycles. The molecule has 0 atom stereocenters. The van der Waals surface area contributed by atoms with Crippen molar-refractivity contribution in [1.82, 2.24) is 4.57 Å². The Hall–Kier alpha value is -1.24. The third kappa shape index (κ3) is 2.91. The van der Waals surface area contributed by atoms with Gasteiger partial charge in [0.15, 0.2) is 0 Å². The Kier molecular flexibility index (Phi) is 3.75. The van der Waals surface area contributed by atoms with Crippen LogP contribution in [0.25, 0.3) is 10.9 Å². The topological polar surface area (TPSA) is 4.93 Å². The van der Waals surface area contributed by atoms with Crippen molar-refractivity contribution in [3.05, 3.63) is 36.5 Å². The van der Waals surface area contributed by atoms with E-state index in [1.807, 2.05) is 0 Å². The summed E-state index contributed by atoms with van der Waals surface area (Å²) in [6.07, 6.45) is 2.07. The van der Waals surface area contributed by atoms with Crippen LogP contribution >= 0.6 is 0 Å². The molecule has 2 rings (SSSR count). The fourth-order valence-electron chi connectivity index (χ4n) is 1.22. The van der Waals surface area contributed by atoms with Crippen molar-refractivity contribution in [3.8, 4) is 0 Å². The van der Waals surface area contributed by atoms with Crippen LogP contribution in [0.5, 0.6) is 0 Å². The molecule has 0 saturated carbocycles. The number of hydrogen-bond donors (Lipinski definition) is 0. The van der Waals surface area contributed by atoms with E-state index >= 15 is 0 Å². The minimum Gasteiger partial charge on any atom is -0.351 e. The number of hydrogen-bond acceptors (Lipinski definition) is 0. The van der Waals surface area contributed by atoms with E-state index in [4.69, 9.17) is 0 Å². The van der Waals surface area contributed by atoms with Crippen molar-refractivity contribution in [3.63, 3.8) is 0 Å². The first-order valence-electron chi connectivity index (χ1n) is 5.11. The Bertz CT molecular complexity index is 382. The molecule has 0 spiro atoms. The molecular formula is C13H19N. The molecule has 0 aliphatic carbocycles. The van der Waals surface area contributed by atoms with Gasteiger partial charge in [0.2, 0.25) is 0 Å². The van der Waals surface area contributed by atoms with Crippen molar-refractivity contribution in [2.24, 2.45) is 13.0 Å². The fourth-order valence-corrected chi connectivity index (χ4v) is 1.22. The van der Waals surface area contributed by atoms with Crippen LogP contribution in [0, 0.1) is 5.92 Å². The molecule has 0 radical (unpaired) electrons. The second kappa shape index (κ2) is 4.85. The van der Waals surface area contributed by atoms with E-state index < -0.39 is 0 Å². The highest BCUT2D eigenvalue weighted by molar-refractivity contribution is 5.79. The third-order valence-corrected chi connectivity index (χ3v) is 1.79. The molecule has 0 saturated heterocycles. The molecular weight excluding hydrogens is 170 g/mol. The standard InChI is InChI=1S/C9H9N.C4H10/c1-10-7-6-8-4-2-3-5-9(8)10;1-4(2)3/h2-7H,1H3;4H,1-3H3. The van der Waals surface area contributed by atoms with Crippen LogP contribution in [0.2, 0.25) is 0 Å². The summed E-state index contributed by atoms with van der Waals surface area (Å²) in [4.78, 5) is 0. The van der Waals surface area contributed by atoms with Crippen LogP contribution < -0.4 is 0 Å². The molecule has 76 valence electrons. The van der Waals surface area contributed by atoms with E-state index in [1.165, 1.54) is 10.9 Å². The maximum atomic E-state index is 2.17. The van der Waals surface area contributed by atoms with Crippen LogP contribution in [0.1, 0.15) is 20.8 Å². The predicted molar refractivity (Wildman–Crippen MR) is 63.4 cm³/mol. The molecule has 0 unspecified atom stereocenters. The van der Waals surface area contributed by atoms with E-state index in [2.05, 4.69) is 68.9 Å². The van der Waals surface area contributed by atoms with Crippen molar-refractivity contribution < 1.29 is 0 Å². The average molecular weight is 189 g/mol. The quantitative estimate of drug-likeness (QED) is 0.593. The van der Waals surface area contributed by atoms with Gasteiger partial charge in [0.25, 0.3) is 0 Å². The average Bonchev–Trinajstić information content (AvgIpc) is 2.48. The summed E-state index contributed by atoms with van der Waals surface area (Å²) in [6, 6.07) is 10.5. The SMILES string of the molecule is CC(C)C.Cn1ccc2ccccc21. The molecule has 0 aliphatic heterocycles. The largest absolute Gasteiger partial charge is 0.351 e. The molecule has 0 fully saturated rings. The summed E-state index contributed by atoms with van der Waals surface area (Å²) in [6.45, 7) is 6.50. The Morgan fingerprint density at radius 1 is 1.00 bits per heavy atom. The Balaban J connectivity index is 0.000000213. The zero-order valence-corrected chi connectivity index (χ0v) is 9.49. The summed E-state index contributed by atoms with van der Waals surface area (Å²) in [5, 5.41) is 1.31. The van der Waals surface area contributed by atoms with E-state index in [-0.39, 0.29) is 0 Å². The van der Waals surface area contributed by atoms with Gasteiger partial charge in [-0.15, -0.1) is 0 Å². The zero-order valence-electron chi connectivity index (χ0n) is 9.49. The summed E-state index contributed by atoms with van der Waals surface area (Å²) >= 11 is 0.